The van der Waals surface area contributed by atoms with E-state index in [2.05, 4.69) is 36.5 Å². The summed E-state index contributed by atoms with van der Waals surface area (Å²) < 4.78 is 6.12. The molecule has 6 heteroatoms. The summed E-state index contributed by atoms with van der Waals surface area (Å²) in [6, 6.07) is 3.85. The molecule has 2 rings (SSSR count). The molecule has 0 bridgehead atoms. The third-order valence-electron chi connectivity index (χ3n) is 2.38. The van der Waals surface area contributed by atoms with Crippen LogP contribution in [0, 0.1) is 0 Å². The Bertz CT molecular complexity index is 487. The van der Waals surface area contributed by atoms with Gasteiger partial charge < -0.3 is 15.1 Å². The zero-order chi connectivity index (χ0) is 12.8. The van der Waals surface area contributed by atoms with Crippen molar-refractivity contribution in [1.82, 2.24) is 9.97 Å². The first-order chi connectivity index (χ1) is 8.81. The second kappa shape index (κ2) is 6.39. The van der Waals surface area contributed by atoms with Crippen LogP contribution in [-0.2, 0) is 6.42 Å². The van der Waals surface area contributed by atoms with Crippen LogP contribution in [0.5, 0.6) is 0 Å². The minimum Gasteiger partial charge on any atom is -0.469 e. The van der Waals surface area contributed by atoms with Gasteiger partial charge in [-0.25, -0.2) is 9.97 Å². The molecule has 2 aromatic rings. The second-order valence-corrected chi connectivity index (χ2v) is 4.46. The molecule has 5 nitrogen and oxygen atoms in total. The van der Waals surface area contributed by atoms with Gasteiger partial charge in [-0.15, -0.1) is 0 Å². The fourth-order valence-corrected chi connectivity index (χ4v) is 2.03. The van der Waals surface area contributed by atoms with Crippen LogP contribution in [0.3, 0.4) is 0 Å². The standard InChI is InChI=1S/C12H15BrN4O/c1-2-14-11-10(13)12(17-8-16-11)15-6-5-9-4-3-7-18-9/h3-4,7-8H,2,5-6H2,1H3,(H2,14,15,16,17). The number of halogens is 1. The summed E-state index contributed by atoms with van der Waals surface area (Å²) in [5, 5.41) is 6.42. The smallest absolute Gasteiger partial charge is 0.145 e. The van der Waals surface area contributed by atoms with E-state index in [1.54, 1.807) is 6.26 Å². The predicted octanol–water partition coefficient (Wildman–Crippen LogP) is 2.92. The van der Waals surface area contributed by atoms with Gasteiger partial charge in [0.2, 0.25) is 0 Å². The van der Waals surface area contributed by atoms with Crippen LogP contribution in [0.15, 0.2) is 33.6 Å². The molecule has 0 saturated carbocycles. The number of aromatic nitrogens is 2. The van der Waals surface area contributed by atoms with Crippen LogP contribution in [0.25, 0.3) is 0 Å². The van der Waals surface area contributed by atoms with E-state index in [9.17, 15) is 0 Å². The summed E-state index contributed by atoms with van der Waals surface area (Å²) in [5.74, 6) is 2.54. The topological polar surface area (TPSA) is 63.0 Å². The maximum absolute atomic E-state index is 5.27. The Morgan fingerprint density at radius 2 is 2.06 bits per heavy atom. The van der Waals surface area contributed by atoms with Gasteiger partial charge in [-0.05, 0) is 35.0 Å². The lowest BCUT2D eigenvalue weighted by molar-refractivity contribution is 0.513. The first kappa shape index (κ1) is 12.9. The highest BCUT2D eigenvalue weighted by Gasteiger charge is 2.07. The molecule has 18 heavy (non-hydrogen) atoms. The minimum absolute atomic E-state index is 0.759. The van der Waals surface area contributed by atoms with Gasteiger partial charge in [-0.2, -0.15) is 0 Å². The Hall–Kier alpha value is -1.56. The van der Waals surface area contributed by atoms with Crippen LogP contribution < -0.4 is 10.6 Å². The molecule has 0 amide bonds. The third kappa shape index (κ3) is 3.22. The van der Waals surface area contributed by atoms with E-state index >= 15 is 0 Å². The first-order valence-electron chi connectivity index (χ1n) is 5.82. The first-order valence-corrected chi connectivity index (χ1v) is 6.61. The van der Waals surface area contributed by atoms with Crippen LogP contribution in [0.2, 0.25) is 0 Å². The fourth-order valence-electron chi connectivity index (χ4n) is 1.54. The van der Waals surface area contributed by atoms with Gasteiger partial charge in [0, 0.05) is 19.5 Å². The Morgan fingerprint density at radius 1 is 1.28 bits per heavy atom. The SMILES string of the molecule is CCNc1ncnc(NCCc2ccco2)c1Br. The van der Waals surface area contributed by atoms with Crippen molar-refractivity contribution in [3.05, 3.63) is 35.0 Å². The molecule has 0 aliphatic heterocycles. The molecule has 2 N–H and O–H groups in total. The van der Waals surface area contributed by atoms with E-state index < -0.39 is 0 Å². The minimum atomic E-state index is 0.759. The monoisotopic (exact) mass is 310 g/mol. The number of anilines is 2. The molecule has 0 aliphatic carbocycles. The average Bonchev–Trinajstić information content (AvgIpc) is 2.87. The Morgan fingerprint density at radius 3 is 2.72 bits per heavy atom. The van der Waals surface area contributed by atoms with E-state index in [1.165, 1.54) is 6.33 Å². The number of nitrogens with zero attached hydrogens (tertiary/aromatic N) is 2. The van der Waals surface area contributed by atoms with Gasteiger partial charge in [0.15, 0.2) is 0 Å². The van der Waals surface area contributed by atoms with Crippen LogP contribution in [0.1, 0.15) is 12.7 Å². The van der Waals surface area contributed by atoms with Gasteiger partial charge >= 0.3 is 0 Å². The summed E-state index contributed by atoms with van der Waals surface area (Å²) in [6.07, 6.45) is 4.04. The fraction of sp³-hybridized carbons (Fsp3) is 0.333. The molecule has 0 fully saturated rings. The van der Waals surface area contributed by atoms with Crippen LogP contribution >= 0.6 is 15.9 Å². The highest BCUT2D eigenvalue weighted by Crippen LogP contribution is 2.26. The molecular formula is C12H15BrN4O. The van der Waals surface area contributed by atoms with E-state index in [4.69, 9.17) is 4.42 Å². The Kier molecular flexibility index (Phi) is 4.58. The van der Waals surface area contributed by atoms with E-state index in [0.29, 0.717) is 0 Å². The zero-order valence-corrected chi connectivity index (χ0v) is 11.7. The molecule has 2 heterocycles. The van der Waals surface area contributed by atoms with Crippen molar-refractivity contribution in [2.75, 3.05) is 23.7 Å². The third-order valence-corrected chi connectivity index (χ3v) is 3.13. The lowest BCUT2D eigenvalue weighted by atomic mass is 10.3. The molecular weight excluding hydrogens is 296 g/mol. The molecule has 0 atom stereocenters. The van der Waals surface area contributed by atoms with Crippen molar-refractivity contribution >= 4 is 27.6 Å². The van der Waals surface area contributed by atoms with Crippen molar-refractivity contribution in [3.63, 3.8) is 0 Å². The lowest BCUT2D eigenvalue weighted by Gasteiger charge is -2.10. The van der Waals surface area contributed by atoms with E-state index in [0.717, 1.165) is 41.4 Å². The van der Waals surface area contributed by atoms with Crippen molar-refractivity contribution in [2.45, 2.75) is 13.3 Å². The lowest BCUT2D eigenvalue weighted by Crippen LogP contribution is -2.09. The predicted molar refractivity (Wildman–Crippen MR) is 74.8 cm³/mol. The summed E-state index contributed by atoms with van der Waals surface area (Å²) in [7, 11) is 0. The van der Waals surface area contributed by atoms with Crippen molar-refractivity contribution in [1.29, 1.82) is 0 Å². The van der Waals surface area contributed by atoms with Gasteiger partial charge in [0.05, 0.1) is 6.26 Å². The maximum Gasteiger partial charge on any atom is 0.145 e. The van der Waals surface area contributed by atoms with Crippen LogP contribution in [0.4, 0.5) is 11.6 Å². The summed E-state index contributed by atoms with van der Waals surface area (Å²) in [6.45, 7) is 3.61. The highest BCUT2D eigenvalue weighted by atomic mass is 79.9. The van der Waals surface area contributed by atoms with Gasteiger partial charge in [-0.3, -0.25) is 0 Å². The summed E-state index contributed by atoms with van der Waals surface area (Å²) in [4.78, 5) is 8.36. The number of furan rings is 1. The summed E-state index contributed by atoms with van der Waals surface area (Å²) in [5.41, 5.74) is 0. The van der Waals surface area contributed by atoms with Crippen molar-refractivity contribution < 1.29 is 4.42 Å². The zero-order valence-electron chi connectivity index (χ0n) is 10.1. The number of hydrogen-bond donors (Lipinski definition) is 2. The molecule has 0 aliphatic rings. The number of rotatable bonds is 6. The largest absolute Gasteiger partial charge is 0.469 e. The van der Waals surface area contributed by atoms with Gasteiger partial charge in [0.25, 0.3) is 0 Å². The molecule has 0 aromatic carbocycles. The van der Waals surface area contributed by atoms with Crippen molar-refractivity contribution in [3.8, 4) is 0 Å². The van der Waals surface area contributed by atoms with Gasteiger partial charge in [-0.1, -0.05) is 0 Å². The highest BCUT2D eigenvalue weighted by molar-refractivity contribution is 9.10. The Balaban J connectivity index is 1.94. The molecule has 0 spiro atoms. The summed E-state index contributed by atoms with van der Waals surface area (Å²) >= 11 is 3.49. The van der Waals surface area contributed by atoms with Crippen LogP contribution in [-0.4, -0.2) is 23.1 Å². The maximum atomic E-state index is 5.27. The second-order valence-electron chi connectivity index (χ2n) is 3.67. The molecule has 0 unspecified atom stereocenters. The Labute approximate surface area is 114 Å². The average molecular weight is 311 g/mol. The van der Waals surface area contributed by atoms with Crippen molar-refractivity contribution in [2.24, 2.45) is 0 Å². The molecule has 2 aromatic heterocycles. The van der Waals surface area contributed by atoms with E-state index in [-0.39, 0.29) is 0 Å². The van der Waals surface area contributed by atoms with Gasteiger partial charge in [0.1, 0.15) is 28.2 Å². The normalized spacial score (nSPS) is 10.3. The number of nitrogens with one attached hydrogen (secondary N) is 2. The van der Waals surface area contributed by atoms with E-state index in [1.807, 2.05) is 19.1 Å². The number of hydrogen-bond acceptors (Lipinski definition) is 5. The quantitative estimate of drug-likeness (QED) is 0.859. The molecule has 0 radical (unpaired) electrons. The molecule has 0 saturated heterocycles. The molecule has 96 valence electrons.